The SMILES string of the molecule is CO[Si](C)(C)CCCNC1=CC=C[C+]=C1. The lowest BCUT2D eigenvalue weighted by molar-refractivity contribution is 0.402. The van der Waals surface area contributed by atoms with Crippen molar-refractivity contribution >= 4 is 8.32 Å². The first-order valence-electron chi connectivity index (χ1n) is 5.39. The summed E-state index contributed by atoms with van der Waals surface area (Å²) in [5, 5.41) is 3.38. The van der Waals surface area contributed by atoms with E-state index in [4.69, 9.17) is 4.43 Å². The Bertz CT molecular complexity index is 279. The predicted molar refractivity (Wildman–Crippen MR) is 67.0 cm³/mol. The van der Waals surface area contributed by atoms with Crippen LogP contribution < -0.4 is 5.32 Å². The second kappa shape index (κ2) is 5.86. The van der Waals surface area contributed by atoms with E-state index in [9.17, 15) is 0 Å². The number of rotatable bonds is 6. The molecule has 1 N–H and O–H groups in total. The molecule has 0 fully saturated rings. The molecule has 1 aliphatic carbocycles. The summed E-state index contributed by atoms with van der Waals surface area (Å²) < 4.78 is 5.49. The minimum Gasteiger partial charge on any atom is -0.420 e. The van der Waals surface area contributed by atoms with Crippen molar-refractivity contribution in [1.82, 2.24) is 5.32 Å². The Hall–Kier alpha value is -0.893. The average molecular weight is 222 g/mol. The van der Waals surface area contributed by atoms with Crippen LogP contribution in [0.5, 0.6) is 0 Å². The van der Waals surface area contributed by atoms with Gasteiger partial charge in [-0.1, -0.05) is 0 Å². The maximum atomic E-state index is 5.49. The van der Waals surface area contributed by atoms with E-state index in [1.165, 1.54) is 12.5 Å². The van der Waals surface area contributed by atoms with Crippen molar-refractivity contribution < 1.29 is 4.43 Å². The summed E-state index contributed by atoms with van der Waals surface area (Å²) in [4.78, 5) is 0. The van der Waals surface area contributed by atoms with Gasteiger partial charge in [-0.3, -0.25) is 0 Å². The Labute approximate surface area is 93.8 Å². The first kappa shape index (κ1) is 12.2. The first-order valence-corrected chi connectivity index (χ1v) is 8.51. The minimum absolute atomic E-state index is 1.01. The van der Waals surface area contributed by atoms with Crippen LogP contribution in [0.15, 0.2) is 30.0 Å². The highest BCUT2D eigenvalue weighted by molar-refractivity contribution is 6.71. The molecule has 0 aromatic rings. The Morgan fingerprint density at radius 1 is 1.47 bits per heavy atom. The van der Waals surface area contributed by atoms with Crippen molar-refractivity contribution in [3.8, 4) is 0 Å². The molecular weight excluding hydrogens is 202 g/mol. The maximum Gasteiger partial charge on any atom is 0.186 e. The quantitative estimate of drug-likeness (QED) is 0.424. The van der Waals surface area contributed by atoms with Crippen molar-refractivity contribution in [3.05, 3.63) is 36.1 Å². The highest BCUT2D eigenvalue weighted by Crippen LogP contribution is 2.11. The third-order valence-corrected chi connectivity index (χ3v) is 5.21. The second-order valence-corrected chi connectivity index (χ2v) is 8.71. The molecule has 0 radical (unpaired) electrons. The monoisotopic (exact) mass is 222 g/mol. The van der Waals surface area contributed by atoms with Crippen LogP contribution in [0.4, 0.5) is 0 Å². The van der Waals surface area contributed by atoms with Gasteiger partial charge in [-0.05, 0) is 25.6 Å². The smallest absolute Gasteiger partial charge is 0.186 e. The molecule has 0 bridgehead atoms. The summed E-state index contributed by atoms with van der Waals surface area (Å²) in [5.74, 6) is 0. The molecule has 0 aromatic heterocycles. The Kier molecular flexibility index (Phi) is 4.76. The Morgan fingerprint density at radius 3 is 2.87 bits per heavy atom. The molecule has 0 saturated carbocycles. The van der Waals surface area contributed by atoms with E-state index in [-0.39, 0.29) is 0 Å². The number of allylic oxidation sites excluding steroid dienone is 5. The van der Waals surface area contributed by atoms with Gasteiger partial charge in [0.25, 0.3) is 0 Å². The molecule has 0 heterocycles. The van der Waals surface area contributed by atoms with Gasteiger partial charge in [-0.15, -0.1) is 0 Å². The molecular formula is C12H20NOSi+. The van der Waals surface area contributed by atoms with Crippen LogP contribution in [0, 0.1) is 6.08 Å². The zero-order valence-corrected chi connectivity index (χ0v) is 10.8. The fourth-order valence-electron chi connectivity index (χ4n) is 1.35. The van der Waals surface area contributed by atoms with E-state index >= 15 is 0 Å². The summed E-state index contributed by atoms with van der Waals surface area (Å²) in [7, 11) is 0.462. The van der Waals surface area contributed by atoms with E-state index in [1.807, 2.05) is 25.3 Å². The highest BCUT2D eigenvalue weighted by Gasteiger charge is 2.19. The van der Waals surface area contributed by atoms with Crippen LogP contribution in [-0.2, 0) is 4.43 Å². The van der Waals surface area contributed by atoms with Gasteiger partial charge in [0.2, 0.25) is 0 Å². The topological polar surface area (TPSA) is 21.3 Å². The molecule has 0 aromatic carbocycles. The highest BCUT2D eigenvalue weighted by atomic mass is 28.4. The van der Waals surface area contributed by atoms with E-state index in [1.54, 1.807) is 0 Å². The lowest BCUT2D eigenvalue weighted by Crippen LogP contribution is -2.29. The van der Waals surface area contributed by atoms with Crippen LogP contribution >= 0.6 is 0 Å². The molecule has 0 atom stereocenters. The normalized spacial score (nSPS) is 14.7. The molecule has 0 saturated heterocycles. The van der Waals surface area contributed by atoms with Crippen molar-refractivity contribution in [1.29, 1.82) is 0 Å². The first-order chi connectivity index (χ1) is 7.14. The zero-order chi connectivity index (χ0) is 11.1. The van der Waals surface area contributed by atoms with Gasteiger partial charge in [0, 0.05) is 25.8 Å². The van der Waals surface area contributed by atoms with Crippen molar-refractivity contribution in [2.75, 3.05) is 13.7 Å². The van der Waals surface area contributed by atoms with Crippen LogP contribution in [-0.4, -0.2) is 22.0 Å². The molecule has 0 aliphatic heterocycles. The number of hydrogen-bond acceptors (Lipinski definition) is 2. The van der Waals surface area contributed by atoms with Crippen LogP contribution in [0.3, 0.4) is 0 Å². The molecule has 0 unspecified atom stereocenters. The lowest BCUT2D eigenvalue weighted by atomic mass is 10.2. The van der Waals surface area contributed by atoms with Crippen LogP contribution in [0.2, 0.25) is 19.1 Å². The third kappa shape index (κ3) is 4.93. The van der Waals surface area contributed by atoms with Gasteiger partial charge in [0.1, 0.15) is 17.8 Å². The zero-order valence-electron chi connectivity index (χ0n) is 9.84. The van der Waals surface area contributed by atoms with E-state index in [0.717, 1.165) is 12.2 Å². The summed E-state index contributed by atoms with van der Waals surface area (Å²) in [5.41, 5.74) is 1.15. The van der Waals surface area contributed by atoms with Crippen molar-refractivity contribution in [3.63, 3.8) is 0 Å². The molecule has 3 heteroatoms. The third-order valence-electron chi connectivity index (χ3n) is 2.54. The van der Waals surface area contributed by atoms with Gasteiger partial charge >= 0.3 is 0 Å². The predicted octanol–water partition coefficient (Wildman–Crippen LogP) is 2.63. The van der Waals surface area contributed by atoms with Crippen LogP contribution in [0.1, 0.15) is 6.42 Å². The van der Waals surface area contributed by atoms with Gasteiger partial charge < -0.3 is 9.74 Å². The Morgan fingerprint density at radius 2 is 2.27 bits per heavy atom. The second-order valence-electron chi connectivity index (χ2n) is 4.29. The van der Waals surface area contributed by atoms with Crippen molar-refractivity contribution in [2.24, 2.45) is 0 Å². The largest absolute Gasteiger partial charge is 0.420 e. The summed E-state index contributed by atoms with van der Waals surface area (Å²) in [6.45, 7) is 5.52. The fraction of sp³-hybridized carbons (Fsp3) is 0.500. The van der Waals surface area contributed by atoms with E-state index in [2.05, 4.69) is 30.6 Å². The van der Waals surface area contributed by atoms with Gasteiger partial charge in [0.05, 0.1) is 6.08 Å². The molecule has 2 nitrogen and oxygen atoms in total. The van der Waals surface area contributed by atoms with Gasteiger partial charge in [0.15, 0.2) is 8.32 Å². The number of hydrogen-bond donors (Lipinski definition) is 1. The fourth-order valence-corrected chi connectivity index (χ4v) is 2.58. The van der Waals surface area contributed by atoms with E-state index in [0.29, 0.717) is 0 Å². The van der Waals surface area contributed by atoms with Gasteiger partial charge in [-0.25, -0.2) is 0 Å². The summed E-state index contributed by atoms with van der Waals surface area (Å²) in [6, 6.07) is 1.20. The Balaban J connectivity index is 2.15. The van der Waals surface area contributed by atoms with Gasteiger partial charge in [-0.2, -0.15) is 0 Å². The van der Waals surface area contributed by atoms with Crippen LogP contribution in [0.25, 0.3) is 0 Å². The summed E-state index contributed by atoms with van der Waals surface area (Å²) in [6.07, 6.45) is 12.2. The van der Waals surface area contributed by atoms with E-state index < -0.39 is 8.32 Å². The van der Waals surface area contributed by atoms with Crippen molar-refractivity contribution in [2.45, 2.75) is 25.6 Å². The molecule has 82 valence electrons. The number of nitrogens with one attached hydrogen (secondary N) is 1. The summed E-state index contributed by atoms with van der Waals surface area (Å²) >= 11 is 0. The maximum absolute atomic E-state index is 5.49. The molecule has 1 rings (SSSR count). The molecule has 15 heavy (non-hydrogen) atoms. The molecule has 0 spiro atoms. The molecule has 1 aliphatic rings. The lowest BCUT2D eigenvalue weighted by Gasteiger charge is -2.19. The standard InChI is InChI=1S/C12H20NOSi/c1-14-15(2,3)11-7-10-13-12-8-5-4-6-9-12/h4-5,8-9,13H,7,10-11H2,1-3H3/q+1. The minimum atomic E-state index is -1.36. The molecule has 0 amide bonds. The average Bonchev–Trinajstić information content (AvgIpc) is 2.26.